The van der Waals surface area contributed by atoms with Crippen LogP contribution in [-0.4, -0.2) is 54.0 Å². The predicted octanol–water partition coefficient (Wildman–Crippen LogP) is 3.73. The number of halogens is 1. The van der Waals surface area contributed by atoms with Crippen LogP contribution in [0.2, 0.25) is 5.02 Å². The summed E-state index contributed by atoms with van der Waals surface area (Å²) in [6.07, 6.45) is 1.49. The van der Waals surface area contributed by atoms with Gasteiger partial charge < -0.3 is 19.5 Å². The van der Waals surface area contributed by atoms with Gasteiger partial charge in [0.25, 0.3) is 11.7 Å². The molecule has 0 radical (unpaired) electrons. The molecule has 7 nitrogen and oxygen atoms in total. The number of ether oxygens (including phenoxy) is 2. The standard InChI is InChI=1S/C24H22ClNO6/c1-31-24(30)16-6-4-14(5-7-16)20-19(21(27)15-8-10-17(25)11-9-15)22(28)23(29)26(20)13-18-3-2-12-32-18/h4-11,18,20,27H,2-3,12-13H2,1H3/t18-,20-/m0/s1. The van der Waals surface area contributed by atoms with Crippen LogP contribution >= 0.6 is 11.6 Å². The van der Waals surface area contributed by atoms with E-state index in [4.69, 9.17) is 21.1 Å². The molecule has 2 aromatic rings. The Hall–Kier alpha value is -3.16. The number of aliphatic hydroxyl groups excluding tert-OH is 1. The normalized spacial score (nSPS) is 22.4. The van der Waals surface area contributed by atoms with Gasteiger partial charge >= 0.3 is 5.97 Å². The van der Waals surface area contributed by atoms with E-state index >= 15 is 0 Å². The van der Waals surface area contributed by atoms with E-state index < -0.39 is 23.7 Å². The van der Waals surface area contributed by atoms with Crippen LogP contribution in [0.3, 0.4) is 0 Å². The van der Waals surface area contributed by atoms with Gasteiger partial charge in [-0.15, -0.1) is 0 Å². The molecule has 0 bridgehead atoms. The van der Waals surface area contributed by atoms with Gasteiger partial charge in [-0.2, -0.15) is 0 Å². The van der Waals surface area contributed by atoms with E-state index in [-0.39, 0.29) is 24.0 Å². The molecule has 2 aliphatic rings. The van der Waals surface area contributed by atoms with Gasteiger partial charge in [-0.1, -0.05) is 23.7 Å². The van der Waals surface area contributed by atoms with E-state index in [1.165, 1.54) is 12.0 Å². The molecule has 1 N–H and O–H groups in total. The zero-order valence-corrected chi connectivity index (χ0v) is 18.2. The van der Waals surface area contributed by atoms with Gasteiger partial charge in [-0.3, -0.25) is 9.59 Å². The maximum absolute atomic E-state index is 13.0. The van der Waals surface area contributed by atoms with Crippen molar-refractivity contribution in [2.45, 2.75) is 25.0 Å². The first-order valence-corrected chi connectivity index (χ1v) is 10.6. The third kappa shape index (κ3) is 4.13. The zero-order chi connectivity index (χ0) is 22.8. The number of methoxy groups -OCH3 is 1. The van der Waals surface area contributed by atoms with E-state index in [1.807, 2.05) is 0 Å². The Morgan fingerprint density at radius 1 is 1.12 bits per heavy atom. The Bertz CT molecular complexity index is 1070. The van der Waals surface area contributed by atoms with Crippen LogP contribution in [0.5, 0.6) is 0 Å². The summed E-state index contributed by atoms with van der Waals surface area (Å²) in [5.74, 6) is -2.24. The minimum Gasteiger partial charge on any atom is -0.507 e. The predicted molar refractivity (Wildman–Crippen MR) is 117 cm³/mol. The van der Waals surface area contributed by atoms with Crippen molar-refractivity contribution < 1.29 is 29.0 Å². The zero-order valence-electron chi connectivity index (χ0n) is 17.4. The lowest BCUT2D eigenvalue weighted by Gasteiger charge is -2.27. The fourth-order valence-electron chi connectivity index (χ4n) is 4.11. The number of Topliss-reactive ketones (excluding diaryl/α,β-unsaturated/α-hetero) is 1. The first-order valence-electron chi connectivity index (χ1n) is 10.2. The maximum atomic E-state index is 13.0. The number of hydrogen-bond acceptors (Lipinski definition) is 6. The fourth-order valence-corrected chi connectivity index (χ4v) is 4.23. The van der Waals surface area contributed by atoms with Crippen molar-refractivity contribution in [3.63, 3.8) is 0 Å². The molecule has 4 rings (SSSR count). The molecule has 0 aromatic heterocycles. The maximum Gasteiger partial charge on any atom is 0.337 e. The van der Waals surface area contributed by atoms with Gasteiger partial charge in [0.05, 0.1) is 30.4 Å². The summed E-state index contributed by atoms with van der Waals surface area (Å²) in [6.45, 7) is 0.837. The molecule has 2 fully saturated rings. The van der Waals surface area contributed by atoms with Crippen molar-refractivity contribution in [2.75, 3.05) is 20.3 Å². The molecular formula is C24H22ClNO6. The van der Waals surface area contributed by atoms with Crippen molar-refractivity contribution >= 4 is 35.0 Å². The number of amides is 1. The topological polar surface area (TPSA) is 93.1 Å². The van der Waals surface area contributed by atoms with Crippen molar-refractivity contribution in [1.29, 1.82) is 0 Å². The Kier molecular flexibility index (Phi) is 6.30. The SMILES string of the molecule is COC(=O)c1ccc([C@H]2C(=C(O)c3ccc(Cl)cc3)C(=O)C(=O)N2C[C@@H]2CCCO2)cc1. The highest BCUT2D eigenvalue weighted by Crippen LogP contribution is 2.40. The van der Waals surface area contributed by atoms with Gasteiger partial charge in [0.1, 0.15) is 5.76 Å². The van der Waals surface area contributed by atoms with Gasteiger partial charge in [0.15, 0.2) is 0 Å². The number of esters is 1. The number of hydrogen-bond donors (Lipinski definition) is 1. The Morgan fingerprint density at radius 2 is 1.78 bits per heavy atom. The summed E-state index contributed by atoms with van der Waals surface area (Å²) in [7, 11) is 1.29. The molecule has 2 heterocycles. The molecule has 166 valence electrons. The van der Waals surface area contributed by atoms with E-state index in [9.17, 15) is 19.5 Å². The third-order valence-electron chi connectivity index (χ3n) is 5.73. The molecule has 2 aromatic carbocycles. The van der Waals surface area contributed by atoms with Crippen LogP contribution in [-0.2, 0) is 19.1 Å². The van der Waals surface area contributed by atoms with Crippen molar-refractivity contribution in [3.05, 3.63) is 75.8 Å². The molecule has 0 unspecified atom stereocenters. The van der Waals surface area contributed by atoms with Crippen LogP contribution in [0.25, 0.3) is 5.76 Å². The van der Waals surface area contributed by atoms with Gasteiger partial charge in [0, 0.05) is 23.7 Å². The van der Waals surface area contributed by atoms with E-state index in [0.29, 0.717) is 28.3 Å². The lowest BCUT2D eigenvalue weighted by atomic mass is 9.94. The lowest BCUT2D eigenvalue weighted by Crippen LogP contribution is -2.36. The lowest BCUT2D eigenvalue weighted by molar-refractivity contribution is -0.140. The molecule has 2 saturated heterocycles. The molecule has 1 amide bonds. The average molecular weight is 456 g/mol. The highest BCUT2D eigenvalue weighted by Gasteiger charge is 2.47. The van der Waals surface area contributed by atoms with Crippen molar-refractivity contribution in [3.8, 4) is 0 Å². The van der Waals surface area contributed by atoms with Gasteiger partial charge in [-0.05, 0) is 54.8 Å². The summed E-state index contributed by atoms with van der Waals surface area (Å²) in [4.78, 5) is 39.3. The quantitative estimate of drug-likeness (QED) is 0.319. The molecule has 2 aliphatic heterocycles. The van der Waals surface area contributed by atoms with Crippen LogP contribution in [0.15, 0.2) is 54.1 Å². The first kappa shape index (κ1) is 22.0. The second kappa shape index (κ2) is 9.14. The van der Waals surface area contributed by atoms with E-state index in [1.54, 1.807) is 48.5 Å². The fraction of sp³-hybridized carbons (Fsp3) is 0.292. The van der Waals surface area contributed by atoms with Crippen LogP contribution in [0.1, 0.15) is 40.4 Å². The van der Waals surface area contributed by atoms with Crippen LogP contribution in [0, 0.1) is 0 Å². The number of carbonyl (C=O) groups is 3. The Morgan fingerprint density at radius 3 is 2.38 bits per heavy atom. The van der Waals surface area contributed by atoms with Crippen LogP contribution < -0.4 is 0 Å². The summed E-state index contributed by atoms with van der Waals surface area (Å²) >= 11 is 5.94. The largest absolute Gasteiger partial charge is 0.507 e. The minimum absolute atomic E-state index is 0.0128. The summed E-state index contributed by atoms with van der Waals surface area (Å²) in [6, 6.07) is 12.0. The monoisotopic (exact) mass is 455 g/mol. The number of carbonyl (C=O) groups excluding carboxylic acids is 3. The summed E-state index contributed by atoms with van der Waals surface area (Å²) < 4.78 is 10.4. The number of aliphatic hydroxyl groups is 1. The number of ketones is 1. The van der Waals surface area contributed by atoms with Crippen molar-refractivity contribution in [2.24, 2.45) is 0 Å². The first-order chi connectivity index (χ1) is 15.4. The smallest absolute Gasteiger partial charge is 0.337 e. The molecule has 2 atom stereocenters. The Labute approximate surface area is 190 Å². The second-order valence-corrected chi connectivity index (χ2v) is 8.14. The Balaban J connectivity index is 1.80. The number of nitrogens with zero attached hydrogens (tertiary/aromatic N) is 1. The summed E-state index contributed by atoms with van der Waals surface area (Å²) in [5, 5.41) is 11.5. The van der Waals surface area contributed by atoms with E-state index in [0.717, 1.165) is 12.8 Å². The molecular weight excluding hydrogens is 434 g/mol. The van der Waals surface area contributed by atoms with Gasteiger partial charge in [0.2, 0.25) is 0 Å². The van der Waals surface area contributed by atoms with Crippen LogP contribution in [0.4, 0.5) is 0 Å². The summed E-state index contributed by atoms with van der Waals surface area (Å²) in [5.41, 5.74) is 1.29. The number of rotatable bonds is 5. The molecule has 0 saturated carbocycles. The second-order valence-electron chi connectivity index (χ2n) is 7.71. The number of likely N-dealkylation sites (tertiary alicyclic amines) is 1. The molecule has 32 heavy (non-hydrogen) atoms. The molecule has 0 aliphatic carbocycles. The molecule has 0 spiro atoms. The third-order valence-corrected chi connectivity index (χ3v) is 5.98. The highest BCUT2D eigenvalue weighted by atomic mass is 35.5. The minimum atomic E-state index is -0.818. The van der Waals surface area contributed by atoms with E-state index in [2.05, 4.69) is 0 Å². The molecule has 8 heteroatoms. The number of benzene rings is 2. The van der Waals surface area contributed by atoms with Gasteiger partial charge in [-0.25, -0.2) is 4.79 Å². The average Bonchev–Trinajstić information content (AvgIpc) is 3.41. The van der Waals surface area contributed by atoms with Crippen molar-refractivity contribution in [1.82, 2.24) is 4.90 Å². The highest BCUT2D eigenvalue weighted by molar-refractivity contribution is 6.46.